The number of aromatic nitrogens is 13. The molecule has 95 heavy (non-hydrogen) atoms. The van der Waals surface area contributed by atoms with E-state index in [9.17, 15) is 31.9 Å². The minimum Gasteiger partial charge on any atom is -0.365 e. The first-order valence-electron chi connectivity index (χ1n) is 31.7. The smallest absolute Gasteiger partial charge is 0.365 e. The minimum absolute atomic E-state index is 0.00396. The first kappa shape index (κ1) is 67.6. The summed E-state index contributed by atoms with van der Waals surface area (Å²) in [4.78, 5) is 90.0. The zero-order chi connectivity index (χ0) is 67.7. The van der Waals surface area contributed by atoms with E-state index in [2.05, 4.69) is 82.9 Å². The van der Waals surface area contributed by atoms with Crippen molar-refractivity contribution in [2.75, 3.05) is 35.6 Å². The largest absolute Gasteiger partial charge is 0.451 e. The lowest BCUT2D eigenvalue weighted by atomic mass is 9.95. The van der Waals surface area contributed by atoms with E-state index in [1.54, 1.807) is 46.7 Å². The molecule has 0 bridgehead atoms. The zero-order valence-corrected chi connectivity index (χ0v) is 54.8. The molecule has 9 aromatic rings. The summed E-state index contributed by atoms with van der Waals surface area (Å²) in [7, 11) is 0. The van der Waals surface area contributed by atoms with Crippen molar-refractivity contribution in [3.63, 3.8) is 0 Å². The number of hydrogen-bond acceptors (Lipinski definition) is 18. The normalized spacial score (nSPS) is 18.7. The van der Waals surface area contributed by atoms with Crippen LogP contribution in [0.15, 0.2) is 122 Å². The number of halogens is 4. The highest BCUT2D eigenvalue weighted by Gasteiger charge is 2.39. The molecule has 0 radical (unpaired) electrons. The number of amides is 3. The van der Waals surface area contributed by atoms with Gasteiger partial charge in [-0.1, -0.05) is 35.4 Å². The molecule has 0 aliphatic carbocycles. The molecule has 3 aliphatic heterocycles. The van der Waals surface area contributed by atoms with Crippen LogP contribution in [-0.4, -0.2) is 153 Å². The Morgan fingerprint density at radius 2 is 0.863 bits per heavy atom. The molecule has 0 spiro atoms. The molecule has 26 heteroatoms. The Morgan fingerprint density at radius 1 is 0.463 bits per heavy atom. The lowest BCUT2D eigenvalue weighted by Gasteiger charge is -2.40. The van der Waals surface area contributed by atoms with Gasteiger partial charge in [-0.15, -0.1) is 0 Å². The Labute approximate surface area is 549 Å². The second kappa shape index (κ2) is 29.8. The lowest BCUT2D eigenvalue weighted by Crippen LogP contribution is -2.52. The number of likely N-dealkylation sites (tertiary alicyclic amines) is 3. The van der Waals surface area contributed by atoms with Crippen LogP contribution >= 0.6 is 0 Å². The van der Waals surface area contributed by atoms with Gasteiger partial charge in [0, 0.05) is 126 Å². The van der Waals surface area contributed by atoms with E-state index in [1.807, 2.05) is 109 Å². The van der Waals surface area contributed by atoms with E-state index in [4.69, 9.17) is 0 Å². The molecule has 3 amide bonds. The van der Waals surface area contributed by atoms with E-state index in [0.29, 0.717) is 71.9 Å². The fourth-order valence-corrected chi connectivity index (χ4v) is 12.3. The van der Waals surface area contributed by atoms with Gasteiger partial charge in [-0.05, 0) is 162 Å². The summed E-state index contributed by atoms with van der Waals surface area (Å²) in [6.07, 6.45) is 10.0. The number of rotatable bonds is 12. The summed E-state index contributed by atoms with van der Waals surface area (Å²) in [6, 6.07) is 23.7. The van der Waals surface area contributed by atoms with Gasteiger partial charge >= 0.3 is 6.18 Å². The maximum Gasteiger partial charge on any atom is 0.451 e. The zero-order valence-electron chi connectivity index (χ0n) is 54.8. The van der Waals surface area contributed by atoms with Crippen molar-refractivity contribution in [1.29, 1.82) is 0 Å². The van der Waals surface area contributed by atoms with Gasteiger partial charge < -0.3 is 30.7 Å². The SMILES string of the molecule is Cc1cc(C)nc(N[C@@H]2CCCN(C(=O)c3cc(F)ccc3-n3nccn3)[C@H]2C)n1.Cc1ccc(-c2ncccn2)c(C(=O)N2CCC[C@@H](Nc3cc(C)nc(C(F)(F)F)n3)[C@@H]2C)c1.Cc1ccc(-c2ncccn2)c(C(=O)N2CCC[C@@H](Nc3nc(C)cc(C)n3)[C@@H]2C)c1. The molecule has 3 aromatic carbocycles. The Morgan fingerprint density at radius 3 is 1.28 bits per heavy atom. The van der Waals surface area contributed by atoms with Crippen molar-refractivity contribution in [2.24, 2.45) is 0 Å². The highest BCUT2D eigenvalue weighted by Crippen LogP contribution is 2.33. The summed E-state index contributed by atoms with van der Waals surface area (Å²) >= 11 is 0. The van der Waals surface area contributed by atoms with E-state index >= 15 is 0 Å². The molecule has 12 rings (SSSR count). The molecule has 3 saturated heterocycles. The van der Waals surface area contributed by atoms with Gasteiger partial charge in [-0.3, -0.25) is 14.4 Å². The van der Waals surface area contributed by atoms with Crippen molar-refractivity contribution >= 4 is 35.4 Å². The second-order valence-corrected chi connectivity index (χ2v) is 24.3. The number of carbonyl (C=O) groups is 3. The van der Waals surface area contributed by atoms with E-state index in [0.717, 1.165) is 71.7 Å². The number of aryl methyl sites for hydroxylation is 7. The van der Waals surface area contributed by atoms with Crippen LogP contribution in [0.25, 0.3) is 28.5 Å². The van der Waals surface area contributed by atoms with Gasteiger partial charge in [-0.25, -0.2) is 54.2 Å². The Bertz CT molecular complexity index is 4130. The third-order valence-electron chi connectivity index (χ3n) is 17.0. The number of benzene rings is 3. The molecular weight excluding hydrogens is 1220 g/mol. The number of hydrogen-bond donors (Lipinski definition) is 3. The first-order chi connectivity index (χ1) is 45.5. The van der Waals surface area contributed by atoms with Crippen molar-refractivity contribution in [2.45, 2.75) is 150 Å². The minimum atomic E-state index is -4.64. The summed E-state index contributed by atoms with van der Waals surface area (Å²) in [5, 5.41) is 18.1. The average molecular weight is 1300 g/mol. The molecule has 9 heterocycles. The maximum atomic E-state index is 14.0. The molecule has 6 aromatic heterocycles. The fourth-order valence-electron chi connectivity index (χ4n) is 12.3. The van der Waals surface area contributed by atoms with Gasteiger partial charge in [0.05, 0.1) is 34.8 Å². The predicted octanol–water partition coefficient (Wildman–Crippen LogP) is 11.6. The van der Waals surface area contributed by atoms with Crippen molar-refractivity contribution in [3.05, 3.63) is 190 Å². The van der Waals surface area contributed by atoms with Crippen LogP contribution in [0.5, 0.6) is 0 Å². The molecule has 0 saturated carbocycles. The lowest BCUT2D eigenvalue weighted by molar-refractivity contribution is -0.145. The quantitative estimate of drug-likeness (QED) is 0.0961. The van der Waals surface area contributed by atoms with Gasteiger partial charge in [-0.2, -0.15) is 28.2 Å². The van der Waals surface area contributed by atoms with Crippen LogP contribution in [0.1, 0.15) is 136 Å². The Kier molecular flexibility index (Phi) is 21.2. The van der Waals surface area contributed by atoms with Crippen LogP contribution in [0.4, 0.5) is 35.3 Å². The number of alkyl halides is 3. The molecule has 0 unspecified atom stereocenters. The second-order valence-electron chi connectivity index (χ2n) is 24.3. The van der Waals surface area contributed by atoms with Gasteiger partial charge in [0.1, 0.15) is 11.6 Å². The Balaban J connectivity index is 0.000000156. The summed E-state index contributed by atoms with van der Waals surface area (Å²) in [6.45, 7) is 21.0. The highest BCUT2D eigenvalue weighted by molar-refractivity contribution is 6.01. The molecule has 494 valence electrons. The monoisotopic (exact) mass is 1300 g/mol. The van der Waals surface area contributed by atoms with Gasteiger partial charge in [0.2, 0.25) is 17.7 Å². The molecule has 3 fully saturated rings. The summed E-state index contributed by atoms with van der Waals surface area (Å²) in [5.41, 5.74) is 9.03. The average Bonchev–Trinajstić information content (AvgIpc) is 1.90. The van der Waals surface area contributed by atoms with E-state index in [1.165, 1.54) is 48.4 Å². The molecular formula is C69H77F4N19O3. The van der Waals surface area contributed by atoms with Crippen molar-refractivity contribution < 1.29 is 31.9 Å². The predicted molar refractivity (Wildman–Crippen MR) is 352 cm³/mol. The van der Waals surface area contributed by atoms with Crippen LogP contribution in [0.3, 0.4) is 0 Å². The Hall–Kier alpha value is -10.3. The first-order valence-corrected chi connectivity index (χ1v) is 31.7. The molecule has 3 N–H and O–H groups in total. The number of carbonyl (C=O) groups excluding carboxylic acids is 3. The van der Waals surface area contributed by atoms with Gasteiger partial charge in [0.25, 0.3) is 17.7 Å². The fraction of sp³-hybridized carbons (Fsp3) is 0.377. The standard InChI is InChI=1S/C24H25F3N6O.C24H28N6O.C21H24FN7O/c1-14-7-8-17(21-28-9-5-10-29-21)18(12-14)22(34)33-11-4-6-19(16(33)3)31-20-13-15(2)30-23(32-20)24(25,26)27;1-15-8-9-19(22-25-10-6-11-26-22)20(13-15)23(31)30-12-5-7-21(18(30)4)29-24-27-16(2)14-17(3)28-24;1-13-11-14(2)26-21(25-13)27-18-5-4-10-28(15(18)3)20(30)17-12-16(22)6-7-19(17)29-23-8-9-24-29/h5,7-10,12-13,16,19H,4,6,11H2,1-3H3,(H,30,31,32);6,8-11,13-14,18,21H,5,7,12H2,1-4H3,(H,27,28,29);6-9,11-12,15,18H,4-5,10H2,1-3H3,(H,25,26,27)/t16-,19+;18-,21+;15-,18+/m000/s1. The molecule has 3 aliphatic rings. The summed E-state index contributed by atoms with van der Waals surface area (Å²) < 4.78 is 53.5. The molecule has 6 atom stereocenters. The number of piperidine rings is 3. The van der Waals surface area contributed by atoms with Crippen LogP contribution in [0.2, 0.25) is 0 Å². The third kappa shape index (κ3) is 16.6. The number of nitrogens with one attached hydrogen (secondary N) is 3. The van der Waals surface area contributed by atoms with Crippen LogP contribution in [0, 0.1) is 54.3 Å². The van der Waals surface area contributed by atoms with Crippen LogP contribution in [-0.2, 0) is 6.18 Å². The van der Waals surface area contributed by atoms with E-state index < -0.39 is 17.8 Å². The van der Waals surface area contributed by atoms with Crippen molar-refractivity contribution in [1.82, 2.24) is 79.5 Å². The van der Waals surface area contributed by atoms with E-state index in [-0.39, 0.29) is 71.0 Å². The summed E-state index contributed by atoms with van der Waals surface area (Å²) in [5.74, 6) is 0.239. The number of anilines is 3. The maximum absolute atomic E-state index is 14.0. The van der Waals surface area contributed by atoms with Crippen LogP contribution < -0.4 is 16.0 Å². The molecule has 22 nitrogen and oxygen atoms in total. The van der Waals surface area contributed by atoms with Crippen molar-refractivity contribution in [3.8, 4) is 28.5 Å². The highest BCUT2D eigenvalue weighted by atomic mass is 19.4. The number of nitrogens with zero attached hydrogens (tertiary/aromatic N) is 16. The third-order valence-corrected chi connectivity index (χ3v) is 17.0. The topological polar surface area (TPSA) is 257 Å². The van der Waals surface area contributed by atoms with Gasteiger partial charge in [0.15, 0.2) is 11.6 Å².